The molecule has 2 fully saturated rings. The number of ether oxygens (including phenoxy) is 2. The summed E-state index contributed by atoms with van der Waals surface area (Å²) in [6.45, 7) is 8.39. The van der Waals surface area contributed by atoms with E-state index in [1.165, 1.54) is 5.69 Å². The second-order valence-electron chi connectivity index (χ2n) is 8.72. The molecule has 2 aliphatic rings. The average Bonchev–Trinajstić information content (AvgIpc) is 2.59. The van der Waals surface area contributed by atoms with Crippen molar-refractivity contribution in [1.82, 2.24) is 0 Å². The topological polar surface area (TPSA) is 51.1 Å². The number of aliphatic imine (C=N–C) groups is 1. The normalized spacial score (nSPS) is 23.8. The number of nitrogens with zero attached hydrogens (tertiary/aromatic N) is 2. The van der Waals surface area contributed by atoms with Crippen LogP contribution in [0.25, 0.3) is 0 Å². The van der Waals surface area contributed by atoms with E-state index in [9.17, 15) is 4.79 Å². The van der Waals surface area contributed by atoms with Crippen molar-refractivity contribution in [3.63, 3.8) is 0 Å². The molecule has 27 heavy (non-hydrogen) atoms. The van der Waals surface area contributed by atoms with Gasteiger partial charge in [-0.1, -0.05) is 18.2 Å². The van der Waals surface area contributed by atoms with Crippen LogP contribution in [0.5, 0.6) is 0 Å². The standard InChI is InChI=1S/C22H32N2O3/c1-22(2,3)27-21(25)23-13-17-9-11-20(12-10-17)24(14-18-15-26-16-18)19-7-5-4-6-8-19/h4-8,13,17-18,20H,9-12,14-16H2,1-3H3. The fourth-order valence-electron chi connectivity index (χ4n) is 3.77. The molecule has 1 heterocycles. The third kappa shape index (κ3) is 6.06. The molecular weight excluding hydrogens is 340 g/mol. The number of benzene rings is 1. The maximum absolute atomic E-state index is 11.8. The smallest absolute Gasteiger partial charge is 0.433 e. The number of carbonyl (C=O) groups is 1. The Morgan fingerprint density at radius 1 is 1.19 bits per heavy atom. The minimum Gasteiger partial charge on any atom is -0.442 e. The van der Waals surface area contributed by atoms with Crippen LogP contribution in [0.3, 0.4) is 0 Å². The van der Waals surface area contributed by atoms with Crippen molar-refractivity contribution >= 4 is 18.0 Å². The molecule has 1 saturated heterocycles. The van der Waals surface area contributed by atoms with Crippen LogP contribution < -0.4 is 4.90 Å². The first-order valence-corrected chi connectivity index (χ1v) is 10.1. The minimum atomic E-state index is -0.493. The molecule has 0 radical (unpaired) electrons. The van der Waals surface area contributed by atoms with E-state index in [-0.39, 0.29) is 0 Å². The number of amides is 1. The molecule has 0 N–H and O–H groups in total. The second-order valence-corrected chi connectivity index (χ2v) is 8.72. The Morgan fingerprint density at radius 2 is 1.85 bits per heavy atom. The van der Waals surface area contributed by atoms with E-state index in [1.54, 1.807) is 6.21 Å². The zero-order valence-electron chi connectivity index (χ0n) is 16.8. The molecule has 1 aliphatic heterocycles. The first-order chi connectivity index (χ1) is 12.9. The monoisotopic (exact) mass is 372 g/mol. The number of anilines is 1. The minimum absolute atomic E-state index is 0.360. The van der Waals surface area contributed by atoms with Gasteiger partial charge in [-0.25, -0.2) is 4.79 Å². The van der Waals surface area contributed by atoms with E-state index >= 15 is 0 Å². The van der Waals surface area contributed by atoms with Crippen LogP contribution in [0.1, 0.15) is 46.5 Å². The van der Waals surface area contributed by atoms with Gasteiger partial charge in [0, 0.05) is 30.4 Å². The van der Waals surface area contributed by atoms with Crippen LogP contribution in [-0.2, 0) is 9.47 Å². The molecule has 3 rings (SSSR count). The van der Waals surface area contributed by atoms with Crippen molar-refractivity contribution in [3.05, 3.63) is 30.3 Å². The fourth-order valence-corrected chi connectivity index (χ4v) is 3.77. The van der Waals surface area contributed by atoms with Gasteiger partial charge in [-0.2, -0.15) is 4.99 Å². The Labute approximate surface area is 162 Å². The molecule has 1 amide bonds. The first kappa shape index (κ1) is 19.9. The Kier molecular flexibility index (Phi) is 6.53. The summed E-state index contributed by atoms with van der Waals surface area (Å²) in [4.78, 5) is 18.4. The van der Waals surface area contributed by atoms with E-state index in [2.05, 4.69) is 40.2 Å². The summed E-state index contributed by atoms with van der Waals surface area (Å²) in [5.41, 5.74) is 0.809. The maximum atomic E-state index is 11.8. The third-order valence-corrected chi connectivity index (χ3v) is 5.22. The lowest BCUT2D eigenvalue weighted by molar-refractivity contribution is -0.0286. The third-order valence-electron chi connectivity index (χ3n) is 5.22. The average molecular weight is 373 g/mol. The molecule has 1 saturated carbocycles. The molecular formula is C22H32N2O3. The molecule has 0 unspecified atom stereocenters. The zero-order valence-corrected chi connectivity index (χ0v) is 16.8. The zero-order chi connectivity index (χ0) is 19.3. The molecule has 0 bridgehead atoms. The summed E-state index contributed by atoms with van der Waals surface area (Å²) in [6.07, 6.45) is 5.67. The maximum Gasteiger partial charge on any atom is 0.433 e. The largest absolute Gasteiger partial charge is 0.442 e. The predicted octanol–water partition coefficient (Wildman–Crippen LogP) is 4.70. The lowest BCUT2D eigenvalue weighted by atomic mass is 9.85. The lowest BCUT2D eigenvalue weighted by Crippen LogP contribution is -2.46. The van der Waals surface area contributed by atoms with Crippen LogP contribution in [0.4, 0.5) is 10.5 Å². The molecule has 148 valence electrons. The first-order valence-electron chi connectivity index (χ1n) is 10.1. The van der Waals surface area contributed by atoms with E-state index in [4.69, 9.17) is 9.47 Å². The SMILES string of the molecule is CC(C)(C)OC(=O)N=CC1CCC(N(CC2COC2)c2ccccc2)CC1. The number of hydrogen-bond acceptors (Lipinski definition) is 4. The van der Waals surface area contributed by atoms with Crippen LogP contribution in [0.2, 0.25) is 0 Å². The Balaban J connectivity index is 1.55. The van der Waals surface area contributed by atoms with Crippen LogP contribution in [0.15, 0.2) is 35.3 Å². The summed E-state index contributed by atoms with van der Waals surface area (Å²) in [5, 5.41) is 0. The Bertz CT molecular complexity index is 627. The second kappa shape index (κ2) is 8.87. The molecule has 0 aromatic heterocycles. The van der Waals surface area contributed by atoms with E-state index in [1.807, 2.05) is 20.8 Å². The van der Waals surface area contributed by atoms with Crippen LogP contribution in [0, 0.1) is 11.8 Å². The molecule has 1 aromatic rings. The van der Waals surface area contributed by atoms with Gasteiger partial charge in [0.25, 0.3) is 0 Å². The Hall–Kier alpha value is -1.88. The summed E-state index contributed by atoms with van der Waals surface area (Å²) in [5.74, 6) is 0.995. The number of para-hydroxylation sites is 1. The number of rotatable bonds is 5. The van der Waals surface area contributed by atoms with Gasteiger partial charge in [-0.3, -0.25) is 0 Å². The summed E-state index contributed by atoms with van der Waals surface area (Å²) >= 11 is 0. The van der Waals surface area contributed by atoms with Crippen molar-refractivity contribution in [2.24, 2.45) is 16.8 Å². The molecule has 1 aromatic carbocycles. The number of carbonyl (C=O) groups excluding carboxylic acids is 1. The number of hydrogen-bond donors (Lipinski definition) is 0. The van der Waals surface area contributed by atoms with Gasteiger partial charge in [0.2, 0.25) is 0 Å². The highest BCUT2D eigenvalue weighted by Crippen LogP contribution is 2.31. The Morgan fingerprint density at radius 3 is 2.41 bits per heavy atom. The van der Waals surface area contributed by atoms with Gasteiger partial charge in [0.05, 0.1) is 13.2 Å². The summed E-state index contributed by atoms with van der Waals surface area (Å²) < 4.78 is 10.6. The van der Waals surface area contributed by atoms with Gasteiger partial charge >= 0.3 is 6.09 Å². The van der Waals surface area contributed by atoms with Gasteiger partial charge in [-0.05, 0) is 64.5 Å². The van der Waals surface area contributed by atoms with Crippen molar-refractivity contribution in [2.75, 3.05) is 24.7 Å². The quantitative estimate of drug-likeness (QED) is 0.703. The van der Waals surface area contributed by atoms with Crippen molar-refractivity contribution in [3.8, 4) is 0 Å². The predicted molar refractivity (Wildman–Crippen MR) is 109 cm³/mol. The van der Waals surface area contributed by atoms with E-state index < -0.39 is 11.7 Å². The van der Waals surface area contributed by atoms with Crippen LogP contribution in [-0.4, -0.2) is 43.7 Å². The van der Waals surface area contributed by atoms with E-state index in [0.29, 0.717) is 17.9 Å². The summed E-state index contributed by atoms with van der Waals surface area (Å²) in [6, 6.07) is 11.2. The fraction of sp³-hybridized carbons (Fsp3) is 0.636. The molecule has 5 nitrogen and oxygen atoms in total. The van der Waals surface area contributed by atoms with Crippen molar-refractivity contribution < 1.29 is 14.3 Å². The van der Waals surface area contributed by atoms with Gasteiger partial charge in [-0.15, -0.1) is 0 Å². The highest BCUT2D eigenvalue weighted by Gasteiger charge is 2.29. The van der Waals surface area contributed by atoms with Gasteiger partial charge in [0.15, 0.2) is 0 Å². The van der Waals surface area contributed by atoms with Crippen LogP contribution >= 0.6 is 0 Å². The summed E-state index contributed by atoms with van der Waals surface area (Å²) in [7, 11) is 0. The highest BCUT2D eigenvalue weighted by molar-refractivity contribution is 5.80. The lowest BCUT2D eigenvalue weighted by Gasteiger charge is -2.41. The molecule has 1 aliphatic carbocycles. The van der Waals surface area contributed by atoms with Crippen molar-refractivity contribution in [2.45, 2.75) is 58.1 Å². The highest BCUT2D eigenvalue weighted by atomic mass is 16.6. The molecule has 5 heteroatoms. The van der Waals surface area contributed by atoms with Crippen molar-refractivity contribution in [1.29, 1.82) is 0 Å². The molecule has 0 atom stereocenters. The van der Waals surface area contributed by atoms with E-state index in [0.717, 1.165) is 45.4 Å². The molecule has 0 spiro atoms. The van der Waals surface area contributed by atoms with Gasteiger partial charge < -0.3 is 14.4 Å². The van der Waals surface area contributed by atoms with Gasteiger partial charge in [0.1, 0.15) is 5.60 Å².